The molecule has 1 aromatic rings. The molecule has 1 N–H and O–H groups in total. The molecular formula is C14H21Cl2F3N2O. The summed E-state index contributed by atoms with van der Waals surface area (Å²) in [6.45, 7) is 3.66. The van der Waals surface area contributed by atoms with Crippen molar-refractivity contribution in [1.82, 2.24) is 10.2 Å². The second-order valence-corrected chi connectivity index (χ2v) is 4.95. The molecule has 1 aromatic carbocycles. The quantitative estimate of drug-likeness (QED) is 0.894. The van der Waals surface area contributed by atoms with Gasteiger partial charge in [-0.3, -0.25) is 4.90 Å². The van der Waals surface area contributed by atoms with E-state index in [-0.39, 0.29) is 24.8 Å². The fourth-order valence-electron chi connectivity index (χ4n) is 2.60. The second-order valence-electron chi connectivity index (χ2n) is 4.95. The molecule has 0 bridgehead atoms. The Balaban J connectivity index is 0.00000220. The first-order valence-corrected chi connectivity index (χ1v) is 6.59. The molecule has 0 amide bonds. The highest BCUT2D eigenvalue weighted by Crippen LogP contribution is 2.39. The van der Waals surface area contributed by atoms with Gasteiger partial charge < -0.3 is 10.1 Å². The molecule has 3 nitrogen and oxygen atoms in total. The Kier molecular flexibility index (Phi) is 8.54. The molecule has 0 aromatic heterocycles. The molecule has 0 radical (unpaired) electrons. The number of methoxy groups -OCH3 is 1. The molecule has 1 aliphatic rings. The summed E-state index contributed by atoms with van der Waals surface area (Å²) in [5, 5.41) is 3.08. The van der Waals surface area contributed by atoms with Crippen LogP contribution in [0.1, 0.15) is 17.2 Å². The molecule has 1 saturated heterocycles. The summed E-state index contributed by atoms with van der Waals surface area (Å²) in [7, 11) is 1.51. The minimum atomic E-state index is -4.28. The number of halogens is 5. The SMILES string of the molecule is COc1ccc([C@H](N2CCNCC2)C(F)(F)F)c(C)c1.Cl.Cl. The molecule has 2 rings (SSSR count). The third-order valence-corrected chi connectivity index (χ3v) is 3.60. The molecule has 22 heavy (non-hydrogen) atoms. The third kappa shape index (κ3) is 4.91. The number of aryl methyl sites for hydroxylation is 1. The number of hydrogen-bond donors (Lipinski definition) is 1. The lowest BCUT2D eigenvalue weighted by Gasteiger charge is -2.36. The van der Waals surface area contributed by atoms with Crippen LogP contribution in [0.2, 0.25) is 0 Å². The molecule has 0 saturated carbocycles. The maximum atomic E-state index is 13.5. The largest absolute Gasteiger partial charge is 0.497 e. The number of nitrogens with zero attached hydrogens (tertiary/aromatic N) is 1. The van der Waals surface area contributed by atoms with Crippen LogP contribution < -0.4 is 10.1 Å². The van der Waals surface area contributed by atoms with Crippen LogP contribution in [0.3, 0.4) is 0 Å². The fourth-order valence-corrected chi connectivity index (χ4v) is 2.60. The number of alkyl halides is 3. The van der Waals surface area contributed by atoms with Gasteiger partial charge in [-0.05, 0) is 30.2 Å². The first kappa shape index (κ1) is 21.3. The Bertz CT molecular complexity index is 466. The molecular weight excluding hydrogens is 340 g/mol. The summed E-state index contributed by atoms with van der Waals surface area (Å²) in [4.78, 5) is 1.49. The van der Waals surface area contributed by atoms with Gasteiger partial charge in [0, 0.05) is 26.2 Å². The van der Waals surface area contributed by atoms with Gasteiger partial charge in [-0.25, -0.2) is 0 Å². The van der Waals surface area contributed by atoms with Crippen molar-refractivity contribution in [1.29, 1.82) is 0 Å². The van der Waals surface area contributed by atoms with E-state index >= 15 is 0 Å². The van der Waals surface area contributed by atoms with E-state index in [9.17, 15) is 13.2 Å². The number of nitrogens with one attached hydrogen (secondary N) is 1. The van der Waals surface area contributed by atoms with Crippen molar-refractivity contribution in [2.24, 2.45) is 0 Å². The molecule has 1 atom stereocenters. The second kappa shape index (κ2) is 8.82. The Morgan fingerprint density at radius 2 is 1.77 bits per heavy atom. The zero-order valence-electron chi connectivity index (χ0n) is 12.4. The highest BCUT2D eigenvalue weighted by Gasteiger charge is 2.45. The van der Waals surface area contributed by atoms with E-state index in [1.807, 2.05) is 0 Å². The molecule has 1 fully saturated rings. The van der Waals surface area contributed by atoms with Crippen molar-refractivity contribution in [2.75, 3.05) is 33.3 Å². The standard InChI is InChI=1S/C14H19F3N2O.2ClH/c1-10-9-11(20-2)3-4-12(10)13(14(15,16)17)19-7-5-18-6-8-19;;/h3-4,9,13,18H,5-8H2,1-2H3;2*1H/t13-;;/m0../s1. The van der Waals surface area contributed by atoms with Crippen molar-refractivity contribution in [2.45, 2.75) is 19.1 Å². The molecule has 0 unspecified atom stereocenters. The predicted molar refractivity (Wildman–Crippen MR) is 85.5 cm³/mol. The number of ether oxygens (including phenoxy) is 1. The smallest absolute Gasteiger partial charge is 0.408 e. The van der Waals surface area contributed by atoms with Crippen LogP contribution in [0.5, 0.6) is 5.75 Å². The fraction of sp³-hybridized carbons (Fsp3) is 0.571. The Morgan fingerprint density at radius 3 is 2.23 bits per heavy atom. The Hall–Kier alpha value is -0.690. The number of rotatable bonds is 3. The molecule has 1 heterocycles. The Labute approximate surface area is 141 Å². The summed E-state index contributed by atoms with van der Waals surface area (Å²) in [5.74, 6) is 0.576. The monoisotopic (exact) mass is 360 g/mol. The van der Waals surface area contributed by atoms with Gasteiger partial charge >= 0.3 is 6.18 Å². The van der Waals surface area contributed by atoms with Gasteiger partial charge in [0.1, 0.15) is 11.8 Å². The topological polar surface area (TPSA) is 24.5 Å². The van der Waals surface area contributed by atoms with Gasteiger partial charge in [0.15, 0.2) is 0 Å². The highest BCUT2D eigenvalue weighted by molar-refractivity contribution is 5.85. The zero-order valence-corrected chi connectivity index (χ0v) is 14.1. The lowest BCUT2D eigenvalue weighted by Crippen LogP contribution is -2.49. The van der Waals surface area contributed by atoms with Crippen molar-refractivity contribution in [3.8, 4) is 5.75 Å². The average Bonchev–Trinajstić information content (AvgIpc) is 2.40. The van der Waals surface area contributed by atoms with E-state index in [4.69, 9.17) is 4.74 Å². The number of piperazine rings is 1. The lowest BCUT2D eigenvalue weighted by molar-refractivity contribution is -0.188. The van der Waals surface area contributed by atoms with E-state index in [0.29, 0.717) is 43.1 Å². The molecule has 0 spiro atoms. The van der Waals surface area contributed by atoms with Gasteiger partial charge in [0.05, 0.1) is 7.11 Å². The van der Waals surface area contributed by atoms with Gasteiger partial charge in [0.2, 0.25) is 0 Å². The van der Waals surface area contributed by atoms with Crippen molar-refractivity contribution in [3.63, 3.8) is 0 Å². The lowest BCUT2D eigenvalue weighted by atomic mass is 9.98. The van der Waals surface area contributed by atoms with Crippen molar-refractivity contribution >= 4 is 24.8 Å². The summed E-state index contributed by atoms with van der Waals surface area (Å²) >= 11 is 0. The molecule has 1 aliphatic heterocycles. The number of benzene rings is 1. The van der Waals surface area contributed by atoms with Gasteiger partial charge in [-0.2, -0.15) is 13.2 Å². The summed E-state index contributed by atoms with van der Waals surface area (Å²) < 4.78 is 45.4. The molecule has 128 valence electrons. The van der Waals surface area contributed by atoms with Crippen LogP contribution >= 0.6 is 24.8 Å². The minimum absolute atomic E-state index is 0. The predicted octanol–water partition coefficient (Wildman–Crippen LogP) is 3.36. The summed E-state index contributed by atoms with van der Waals surface area (Å²) in [6, 6.07) is 3.21. The van der Waals surface area contributed by atoms with E-state index in [2.05, 4.69) is 5.32 Å². The minimum Gasteiger partial charge on any atom is -0.497 e. The maximum Gasteiger partial charge on any atom is 0.408 e. The maximum absolute atomic E-state index is 13.5. The van der Waals surface area contributed by atoms with Crippen LogP contribution in [-0.4, -0.2) is 44.4 Å². The van der Waals surface area contributed by atoms with Gasteiger partial charge in [0.25, 0.3) is 0 Å². The molecule has 0 aliphatic carbocycles. The van der Waals surface area contributed by atoms with E-state index in [1.165, 1.54) is 18.1 Å². The van der Waals surface area contributed by atoms with Crippen LogP contribution in [0.25, 0.3) is 0 Å². The summed E-state index contributed by atoms with van der Waals surface area (Å²) in [6.07, 6.45) is -4.28. The van der Waals surface area contributed by atoms with Gasteiger partial charge in [-0.1, -0.05) is 6.07 Å². The van der Waals surface area contributed by atoms with Crippen LogP contribution in [0.15, 0.2) is 18.2 Å². The van der Waals surface area contributed by atoms with E-state index in [0.717, 1.165) is 0 Å². The first-order valence-electron chi connectivity index (χ1n) is 6.59. The van der Waals surface area contributed by atoms with Crippen LogP contribution in [-0.2, 0) is 0 Å². The third-order valence-electron chi connectivity index (χ3n) is 3.60. The van der Waals surface area contributed by atoms with Crippen molar-refractivity contribution < 1.29 is 17.9 Å². The first-order chi connectivity index (χ1) is 9.43. The molecule has 8 heteroatoms. The number of hydrogen-bond acceptors (Lipinski definition) is 3. The van der Waals surface area contributed by atoms with Crippen LogP contribution in [0.4, 0.5) is 13.2 Å². The highest BCUT2D eigenvalue weighted by atomic mass is 35.5. The normalized spacial score (nSPS) is 17.1. The van der Waals surface area contributed by atoms with Crippen LogP contribution in [0, 0.1) is 6.92 Å². The summed E-state index contributed by atoms with van der Waals surface area (Å²) in [5.41, 5.74) is 0.908. The van der Waals surface area contributed by atoms with Crippen molar-refractivity contribution in [3.05, 3.63) is 29.3 Å². The van der Waals surface area contributed by atoms with E-state index < -0.39 is 12.2 Å². The van der Waals surface area contributed by atoms with E-state index in [1.54, 1.807) is 19.1 Å². The zero-order chi connectivity index (χ0) is 14.8. The van der Waals surface area contributed by atoms with Gasteiger partial charge in [-0.15, -0.1) is 24.8 Å². The average molecular weight is 361 g/mol. The Morgan fingerprint density at radius 1 is 1.18 bits per heavy atom.